The van der Waals surface area contributed by atoms with E-state index in [-0.39, 0.29) is 30.2 Å². The number of anilines is 1. The van der Waals surface area contributed by atoms with E-state index >= 15 is 0 Å². The van der Waals surface area contributed by atoms with Crippen molar-refractivity contribution in [1.82, 2.24) is 20.5 Å². The molecular formula is C21H25N5O3S. The number of hydrogen-bond donors (Lipinski definition) is 3. The van der Waals surface area contributed by atoms with Gasteiger partial charge in [-0.2, -0.15) is 0 Å². The molecule has 3 atom stereocenters. The van der Waals surface area contributed by atoms with Gasteiger partial charge in [0, 0.05) is 30.5 Å². The number of fused-ring (bicyclic) bond motifs is 1. The van der Waals surface area contributed by atoms with E-state index in [1.165, 1.54) is 0 Å². The highest BCUT2D eigenvalue weighted by Crippen LogP contribution is 2.31. The Kier molecular flexibility index (Phi) is 5.46. The van der Waals surface area contributed by atoms with Crippen molar-refractivity contribution in [3.63, 3.8) is 0 Å². The maximum absolute atomic E-state index is 12.8. The Balaban J connectivity index is 1.45. The summed E-state index contributed by atoms with van der Waals surface area (Å²) in [6.07, 6.45) is 2.78. The molecule has 0 bridgehead atoms. The molecule has 0 unspecified atom stereocenters. The molecule has 0 aliphatic carbocycles. The molecule has 9 heteroatoms. The molecule has 158 valence electrons. The SMILES string of the molecule is C[C@H](NC(=O)[C@H](C)N1CC[C@@]2(CCC1=O)NC(=O)c1cccnc1N2)c1cccs1. The molecule has 2 aliphatic heterocycles. The Morgan fingerprint density at radius 2 is 2.07 bits per heavy atom. The van der Waals surface area contributed by atoms with Crippen LogP contribution in [-0.4, -0.2) is 45.9 Å². The molecule has 2 aromatic rings. The van der Waals surface area contributed by atoms with Gasteiger partial charge in [-0.1, -0.05) is 6.07 Å². The van der Waals surface area contributed by atoms with Crippen LogP contribution in [0, 0.1) is 0 Å². The van der Waals surface area contributed by atoms with E-state index in [2.05, 4.69) is 20.9 Å². The summed E-state index contributed by atoms with van der Waals surface area (Å²) < 4.78 is 0. The van der Waals surface area contributed by atoms with Crippen molar-refractivity contribution >= 4 is 34.9 Å². The number of thiophene rings is 1. The van der Waals surface area contributed by atoms with Gasteiger partial charge in [-0.25, -0.2) is 4.98 Å². The smallest absolute Gasteiger partial charge is 0.256 e. The van der Waals surface area contributed by atoms with Crippen LogP contribution >= 0.6 is 11.3 Å². The predicted molar refractivity (Wildman–Crippen MR) is 114 cm³/mol. The van der Waals surface area contributed by atoms with Crippen LogP contribution in [0.1, 0.15) is 54.4 Å². The number of carbonyl (C=O) groups is 3. The predicted octanol–water partition coefficient (Wildman–Crippen LogP) is 2.27. The zero-order valence-electron chi connectivity index (χ0n) is 17.0. The Morgan fingerprint density at radius 1 is 1.23 bits per heavy atom. The first-order valence-electron chi connectivity index (χ1n) is 10.1. The average molecular weight is 428 g/mol. The zero-order valence-corrected chi connectivity index (χ0v) is 17.8. The quantitative estimate of drug-likeness (QED) is 0.695. The minimum atomic E-state index is -0.747. The van der Waals surface area contributed by atoms with E-state index in [4.69, 9.17) is 0 Å². The number of carbonyl (C=O) groups excluding carboxylic acids is 3. The van der Waals surface area contributed by atoms with Crippen LogP contribution in [0.25, 0.3) is 0 Å². The summed E-state index contributed by atoms with van der Waals surface area (Å²) >= 11 is 1.58. The van der Waals surface area contributed by atoms with Crippen LogP contribution in [0.5, 0.6) is 0 Å². The summed E-state index contributed by atoms with van der Waals surface area (Å²) in [4.78, 5) is 45.1. The van der Waals surface area contributed by atoms with Crippen LogP contribution < -0.4 is 16.0 Å². The second kappa shape index (κ2) is 8.06. The standard InChI is InChI=1S/C21H25N5O3S/c1-13(16-6-4-12-30-16)23-19(28)14(2)26-11-9-21(8-7-17(26)27)24-18-15(20(29)25-21)5-3-10-22-18/h3-6,10,12-14H,7-9,11H2,1-2H3,(H,22,24)(H,23,28)(H,25,29)/t13-,14-,21+/m0/s1. The molecule has 4 heterocycles. The van der Waals surface area contributed by atoms with E-state index < -0.39 is 11.7 Å². The third-order valence-electron chi connectivity index (χ3n) is 5.80. The second-order valence-electron chi connectivity index (χ2n) is 7.82. The van der Waals surface area contributed by atoms with Crippen LogP contribution in [0.4, 0.5) is 5.82 Å². The summed E-state index contributed by atoms with van der Waals surface area (Å²) in [5.41, 5.74) is -0.255. The van der Waals surface area contributed by atoms with Crippen molar-refractivity contribution in [1.29, 1.82) is 0 Å². The molecule has 4 rings (SSSR count). The third kappa shape index (κ3) is 3.89. The molecule has 0 aromatic carbocycles. The number of nitrogens with zero attached hydrogens (tertiary/aromatic N) is 2. The van der Waals surface area contributed by atoms with Gasteiger partial charge in [0.2, 0.25) is 11.8 Å². The zero-order chi connectivity index (χ0) is 21.3. The van der Waals surface area contributed by atoms with Gasteiger partial charge in [-0.15, -0.1) is 11.3 Å². The largest absolute Gasteiger partial charge is 0.347 e. The molecular weight excluding hydrogens is 402 g/mol. The highest BCUT2D eigenvalue weighted by molar-refractivity contribution is 7.10. The monoisotopic (exact) mass is 427 g/mol. The fourth-order valence-electron chi connectivity index (χ4n) is 4.00. The average Bonchev–Trinajstić information content (AvgIpc) is 3.22. The van der Waals surface area contributed by atoms with Gasteiger partial charge < -0.3 is 20.9 Å². The number of pyridine rings is 1. The Labute approximate surface area is 179 Å². The topological polar surface area (TPSA) is 103 Å². The number of rotatable bonds is 4. The minimum absolute atomic E-state index is 0.0961. The first kappa shape index (κ1) is 20.3. The summed E-state index contributed by atoms with van der Waals surface area (Å²) in [6, 6.07) is 6.64. The highest BCUT2D eigenvalue weighted by Gasteiger charge is 2.42. The maximum atomic E-state index is 12.8. The van der Waals surface area contributed by atoms with Gasteiger partial charge in [0.15, 0.2) is 0 Å². The van der Waals surface area contributed by atoms with Crippen molar-refractivity contribution in [2.75, 3.05) is 11.9 Å². The molecule has 3 N–H and O–H groups in total. The molecule has 0 saturated carbocycles. The summed E-state index contributed by atoms with van der Waals surface area (Å²) in [7, 11) is 0. The Bertz CT molecular complexity index is 963. The maximum Gasteiger partial charge on any atom is 0.256 e. The number of amides is 3. The third-order valence-corrected chi connectivity index (χ3v) is 6.86. The highest BCUT2D eigenvalue weighted by atomic mass is 32.1. The van der Waals surface area contributed by atoms with Gasteiger partial charge in [-0.05, 0) is 43.8 Å². The molecule has 2 aliphatic rings. The molecule has 30 heavy (non-hydrogen) atoms. The van der Waals surface area contributed by atoms with Crippen LogP contribution in [0.15, 0.2) is 35.8 Å². The lowest BCUT2D eigenvalue weighted by atomic mass is 9.97. The normalized spacial score (nSPS) is 23.1. The summed E-state index contributed by atoms with van der Waals surface area (Å²) in [5, 5.41) is 11.3. The first-order chi connectivity index (χ1) is 14.4. The van der Waals surface area contributed by atoms with Gasteiger partial charge in [0.25, 0.3) is 5.91 Å². The minimum Gasteiger partial charge on any atom is -0.347 e. The lowest BCUT2D eigenvalue weighted by molar-refractivity contribution is -0.139. The van der Waals surface area contributed by atoms with Gasteiger partial charge in [0.1, 0.15) is 17.5 Å². The molecule has 0 radical (unpaired) electrons. The van der Waals surface area contributed by atoms with Crippen LogP contribution in [-0.2, 0) is 9.59 Å². The number of likely N-dealkylation sites (tertiary alicyclic amines) is 1. The lowest BCUT2D eigenvalue weighted by Gasteiger charge is -2.39. The first-order valence-corrected chi connectivity index (χ1v) is 11.0. The van der Waals surface area contributed by atoms with E-state index in [1.54, 1.807) is 41.5 Å². The lowest BCUT2D eigenvalue weighted by Crippen LogP contribution is -2.58. The number of nitrogens with one attached hydrogen (secondary N) is 3. The van der Waals surface area contributed by atoms with Crippen LogP contribution in [0.2, 0.25) is 0 Å². The number of aromatic nitrogens is 1. The molecule has 8 nitrogen and oxygen atoms in total. The van der Waals surface area contributed by atoms with Crippen molar-refractivity contribution in [2.24, 2.45) is 0 Å². The van der Waals surface area contributed by atoms with Crippen molar-refractivity contribution in [3.8, 4) is 0 Å². The number of hydrogen-bond acceptors (Lipinski definition) is 6. The van der Waals surface area contributed by atoms with Crippen molar-refractivity contribution in [2.45, 2.75) is 50.9 Å². The van der Waals surface area contributed by atoms with E-state index in [9.17, 15) is 14.4 Å². The molecule has 1 saturated heterocycles. The van der Waals surface area contributed by atoms with Crippen molar-refractivity contribution in [3.05, 3.63) is 46.3 Å². The Hall–Kier alpha value is -2.94. The molecule has 1 fully saturated rings. The van der Waals surface area contributed by atoms with Gasteiger partial charge in [0.05, 0.1) is 11.6 Å². The molecule has 1 spiro atoms. The van der Waals surface area contributed by atoms with E-state index in [0.717, 1.165) is 4.88 Å². The van der Waals surface area contributed by atoms with E-state index in [1.807, 2.05) is 24.4 Å². The van der Waals surface area contributed by atoms with Crippen LogP contribution in [0.3, 0.4) is 0 Å². The van der Waals surface area contributed by atoms with E-state index in [0.29, 0.717) is 30.8 Å². The summed E-state index contributed by atoms with van der Waals surface area (Å²) in [6.45, 7) is 4.04. The summed E-state index contributed by atoms with van der Waals surface area (Å²) in [5.74, 6) is 0.0417. The second-order valence-corrected chi connectivity index (χ2v) is 8.80. The fourth-order valence-corrected chi connectivity index (χ4v) is 4.73. The molecule has 2 aromatic heterocycles. The van der Waals surface area contributed by atoms with Crippen molar-refractivity contribution < 1.29 is 14.4 Å². The molecule has 3 amide bonds. The van der Waals surface area contributed by atoms with Gasteiger partial charge >= 0.3 is 0 Å². The fraction of sp³-hybridized carbons (Fsp3) is 0.429. The van der Waals surface area contributed by atoms with Gasteiger partial charge in [-0.3, -0.25) is 14.4 Å². The Morgan fingerprint density at radius 3 is 2.83 bits per heavy atom.